The summed E-state index contributed by atoms with van der Waals surface area (Å²) in [6, 6.07) is 0. The fourth-order valence-electron chi connectivity index (χ4n) is 5.33. The molecule has 0 aromatic heterocycles. The third-order valence-corrected chi connectivity index (χ3v) is 9.61. The maximum absolute atomic E-state index is 12.6. The molecule has 60 heavy (non-hydrogen) atoms. The Hall–Kier alpha value is -3.14. The van der Waals surface area contributed by atoms with Crippen LogP contribution in [0.4, 0.5) is 0 Å². The van der Waals surface area contributed by atoms with Gasteiger partial charge in [0.25, 0.3) is 0 Å². The quantitative estimate of drug-likeness (QED) is 0.0238. The molecule has 0 fully saturated rings. The third-order valence-electron chi connectivity index (χ3n) is 8.66. The zero-order chi connectivity index (χ0) is 43.9. The van der Waals surface area contributed by atoms with Gasteiger partial charge in [-0.3, -0.25) is 13.8 Å². The molecular weight excluding hydrogens is 776 g/mol. The van der Waals surface area contributed by atoms with Gasteiger partial charge in [-0.15, -0.1) is 0 Å². The van der Waals surface area contributed by atoms with Crippen LogP contribution in [0.1, 0.15) is 142 Å². The van der Waals surface area contributed by atoms with Gasteiger partial charge in [0.1, 0.15) is 12.2 Å². The Morgan fingerprint density at radius 2 is 0.900 bits per heavy atom. The molecule has 340 valence electrons. The van der Waals surface area contributed by atoms with Gasteiger partial charge in [-0.05, 0) is 89.9 Å². The standard InChI is InChI=1S/C50H81O9P/c1-3-5-7-9-11-13-15-17-19-21-22-23-24-25-26-27-28-30-32-34-36-38-40-42-50(53)59-49(47-58-60(54,55)57-45-48(52)44-51)46-56-43-41-39-37-35-33-31-29-20-18-16-14-12-10-8-6-4-2/h5-8,11-14,17-20,22-23,25-26,31,33,37,39,48-49,51-52H,3-4,9-10,15-16,21,24,27-30,32,34-36,38,40-47H2,1-2H3,(H,54,55)/b7-5-,8-6-,13-11-,14-12-,19-17-,20-18-,23-22-,26-25-,33-31-,39-37-. The van der Waals surface area contributed by atoms with Crippen LogP contribution < -0.4 is 0 Å². The van der Waals surface area contributed by atoms with Gasteiger partial charge in [0.2, 0.25) is 0 Å². The average molecular weight is 857 g/mol. The Morgan fingerprint density at radius 1 is 0.517 bits per heavy atom. The topological polar surface area (TPSA) is 132 Å². The highest BCUT2D eigenvalue weighted by molar-refractivity contribution is 7.47. The van der Waals surface area contributed by atoms with Crippen molar-refractivity contribution in [1.29, 1.82) is 0 Å². The molecule has 0 aromatic carbocycles. The molecule has 0 aromatic rings. The number of phosphoric ester groups is 1. The van der Waals surface area contributed by atoms with E-state index in [0.717, 1.165) is 89.9 Å². The lowest BCUT2D eigenvalue weighted by molar-refractivity contribution is -0.154. The second kappa shape index (κ2) is 45.4. The lowest BCUT2D eigenvalue weighted by Gasteiger charge is -2.20. The van der Waals surface area contributed by atoms with Crippen LogP contribution in [0.25, 0.3) is 0 Å². The summed E-state index contributed by atoms with van der Waals surface area (Å²) in [7, 11) is -4.55. The van der Waals surface area contributed by atoms with Crippen molar-refractivity contribution in [2.24, 2.45) is 0 Å². The Morgan fingerprint density at radius 3 is 1.35 bits per heavy atom. The van der Waals surface area contributed by atoms with Crippen LogP contribution in [0.15, 0.2) is 122 Å². The number of phosphoric acid groups is 1. The summed E-state index contributed by atoms with van der Waals surface area (Å²) in [6.45, 7) is 3.01. The van der Waals surface area contributed by atoms with Gasteiger partial charge in [0, 0.05) is 6.42 Å². The lowest BCUT2D eigenvalue weighted by atomic mass is 10.1. The number of hydrogen-bond donors (Lipinski definition) is 3. The number of carbonyl (C=O) groups is 1. The largest absolute Gasteiger partial charge is 0.472 e. The molecule has 10 heteroatoms. The van der Waals surface area contributed by atoms with Crippen LogP contribution in [0.3, 0.4) is 0 Å². The van der Waals surface area contributed by atoms with Crippen molar-refractivity contribution in [2.75, 3.05) is 33.0 Å². The van der Waals surface area contributed by atoms with Crippen molar-refractivity contribution >= 4 is 13.8 Å². The van der Waals surface area contributed by atoms with Crippen molar-refractivity contribution in [3.63, 3.8) is 0 Å². The van der Waals surface area contributed by atoms with Gasteiger partial charge < -0.3 is 24.6 Å². The van der Waals surface area contributed by atoms with Gasteiger partial charge in [-0.25, -0.2) is 4.57 Å². The van der Waals surface area contributed by atoms with Gasteiger partial charge in [-0.1, -0.05) is 167 Å². The van der Waals surface area contributed by atoms with Crippen LogP contribution in [0.2, 0.25) is 0 Å². The smallest absolute Gasteiger partial charge is 0.457 e. The molecular formula is C50H81O9P. The first-order valence-electron chi connectivity index (χ1n) is 22.5. The molecule has 0 amide bonds. The molecule has 0 saturated heterocycles. The fraction of sp³-hybridized carbons (Fsp3) is 0.580. The van der Waals surface area contributed by atoms with E-state index < -0.39 is 45.8 Å². The maximum atomic E-state index is 12.6. The van der Waals surface area contributed by atoms with E-state index in [9.17, 15) is 19.4 Å². The molecule has 0 bridgehead atoms. The molecule has 0 rings (SSSR count). The molecule has 0 saturated carbocycles. The van der Waals surface area contributed by atoms with Crippen molar-refractivity contribution in [3.05, 3.63) is 122 Å². The van der Waals surface area contributed by atoms with E-state index in [1.165, 1.54) is 19.3 Å². The first kappa shape index (κ1) is 56.9. The highest BCUT2D eigenvalue weighted by Crippen LogP contribution is 2.43. The number of ether oxygens (including phenoxy) is 2. The number of esters is 1. The Kier molecular flexibility index (Phi) is 43.0. The summed E-state index contributed by atoms with van der Waals surface area (Å²) in [5, 5.41) is 18.4. The van der Waals surface area contributed by atoms with Crippen molar-refractivity contribution in [3.8, 4) is 0 Å². The Labute approximate surface area is 364 Å². The first-order valence-corrected chi connectivity index (χ1v) is 24.0. The lowest BCUT2D eigenvalue weighted by Crippen LogP contribution is -2.29. The molecule has 3 unspecified atom stereocenters. The van der Waals surface area contributed by atoms with Crippen LogP contribution in [-0.2, 0) is 27.9 Å². The van der Waals surface area contributed by atoms with Crippen molar-refractivity contribution in [2.45, 2.75) is 154 Å². The predicted molar refractivity (Wildman–Crippen MR) is 251 cm³/mol. The van der Waals surface area contributed by atoms with Crippen LogP contribution in [-0.4, -0.2) is 66.3 Å². The van der Waals surface area contributed by atoms with E-state index in [-0.39, 0.29) is 13.0 Å². The number of rotatable bonds is 41. The van der Waals surface area contributed by atoms with Crippen LogP contribution >= 0.6 is 7.82 Å². The SMILES string of the molecule is CC/C=C\C/C=C\C/C=C\C/C=C\C/C=C\CCCCCCCCCC(=O)OC(COCC/C=C\C/C=C\C/C=C\C/C=C\C/C=C\CC)COP(=O)(O)OCC(O)CO. The van der Waals surface area contributed by atoms with E-state index >= 15 is 0 Å². The number of allylic oxidation sites excluding steroid dienone is 19. The highest BCUT2D eigenvalue weighted by atomic mass is 31.2. The number of carbonyl (C=O) groups excluding carboxylic acids is 1. The zero-order valence-corrected chi connectivity index (χ0v) is 38.0. The molecule has 0 spiro atoms. The summed E-state index contributed by atoms with van der Waals surface area (Å²) in [5.74, 6) is -0.425. The van der Waals surface area contributed by atoms with E-state index in [4.69, 9.17) is 23.6 Å². The maximum Gasteiger partial charge on any atom is 0.472 e. The zero-order valence-electron chi connectivity index (χ0n) is 37.1. The summed E-state index contributed by atoms with van der Waals surface area (Å²) < 4.78 is 33.3. The van der Waals surface area contributed by atoms with Gasteiger partial charge >= 0.3 is 13.8 Å². The van der Waals surface area contributed by atoms with Gasteiger partial charge in [0.15, 0.2) is 0 Å². The Bertz CT molecular complexity index is 1340. The molecule has 0 aliphatic heterocycles. The van der Waals surface area contributed by atoms with Crippen LogP contribution in [0, 0.1) is 0 Å². The summed E-state index contributed by atoms with van der Waals surface area (Å²) >= 11 is 0. The molecule has 0 aliphatic carbocycles. The minimum absolute atomic E-state index is 0.0185. The van der Waals surface area contributed by atoms with E-state index in [1.54, 1.807) is 0 Å². The molecule has 0 aliphatic rings. The Balaban J connectivity index is 4.29. The van der Waals surface area contributed by atoms with E-state index in [1.807, 2.05) is 6.08 Å². The van der Waals surface area contributed by atoms with E-state index in [2.05, 4.69) is 129 Å². The highest BCUT2D eigenvalue weighted by Gasteiger charge is 2.26. The summed E-state index contributed by atoms with van der Waals surface area (Å²) in [5.41, 5.74) is 0. The van der Waals surface area contributed by atoms with Gasteiger partial charge in [0.05, 0.1) is 33.0 Å². The second-order valence-corrected chi connectivity index (χ2v) is 15.8. The monoisotopic (exact) mass is 857 g/mol. The molecule has 9 nitrogen and oxygen atoms in total. The number of aliphatic hydroxyl groups is 2. The summed E-state index contributed by atoms with van der Waals surface area (Å²) in [6.07, 6.45) is 60.4. The summed E-state index contributed by atoms with van der Waals surface area (Å²) in [4.78, 5) is 22.6. The van der Waals surface area contributed by atoms with Crippen molar-refractivity contribution in [1.82, 2.24) is 0 Å². The normalized spacial score (nSPS) is 15.1. The van der Waals surface area contributed by atoms with Crippen molar-refractivity contribution < 1.29 is 43.0 Å². The minimum Gasteiger partial charge on any atom is -0.457 e. The first-order chi connectivity index (χ1) is 29.3. The molecule has 3 N–H and O–H groups in total. The molecule has 3 atom stereocenters. The van der Waals surface area contributed by atoms with Gasteiger partial charge in [-0.2, -0.15) is 0 Å². The third kappa shape index (κ3) is 44.4. The second-order valence-electron chi connectivity index (χ2n) is 14.3. The fourth-order valence-corrected chi connectivity index (χ4v) is 6.12. The molecule has 0 heterocycles. The van der Waals surface area contributed by atoms with Crippen LogP contribution in [0.5, 0.6) is 0 Å². The number of hydrogen-bond acceptors (Lipinski definition) is 8. The minimum atomic E-state index is -4.55. The number of unbranched alkanes of at least 4 members (excludes halogenated alkanes) is 7. The number of aliphatic hydroxyl groups excluding tert-OH is 2. The molecule has 0 radical (unpaired) electrons. The predicted octanol–water partition coefficient (Wildman–Crippen LogP) is 12.8. The average Bonchev–Trinajstić information content (AvgIpc) is 3.24. The van der Waals surface area contributed by atoms with E-state index in [0.29, 0.717) is 19.4 Å².